The first-order chi connectivity index (χ1) is 11.4. The number of rotatable bonds is 9. The third kappa shape index (κ3) is 7.09. The standard InChI is InChI=1S/C12H16F6O7S/c1-7(2)9(20)24-5-3-4-8(19)25-10(11(13,14)15,12(16,17)18)6-26(21,22)23/h9,20H,1,3-6H2,2H3,(H,21,22,23)/p-1/t9-/m1/s1. The fourth-order valence-electron chi connectivity index (χ4n) is 1.52. The molecule has 14 heteroatoms. The van der Waals surface area contributed by atoms with Gasteiger partial charge in [-0.05, 0) is 18.9 Å². The van der Waals surface area contributed by atoms with Crippen LogP contribution in [-0.4, -0.2) is 60.6 Å². The summed E-state index contributed by atoms with van der Waals surface area (Å²) in [4.78, 5) is 11.4. The molecular formula is C12H15F6O7S-. The molecule has 0 aromatic heterocycles. The van der Waals surface area contributed by atoms with Crippen molar-refractivity contribution in [1.29, 1.82) is 0 Å². The number of ether oxygens (including phenoxy) is 2. The van der Waals surface area contributed by atoms with Crippen LogP contribution in [0.25, 0.3) is 0 Å². The average molecular weight is 417 g/mol. The van der Waals surface area contributed by atoms with Crippen molar-refractivity contribution < 1.29 is 58.7 Å². The number of carbonyl (C=O) groups excluding carboxylic acids is 1. The quantitative estimate of drug-likeness (QED) is 0.152. The van der Waals surface area contributed by atoms with Crippen LogP contribution in [0.4, 0.5) is 26.3 Å². The van der Waals surface area contributed by atoms with E-state index in [1.807, 2.05) is 0 Å². The van der Waals surface area contributed by atoms with E-state index in [9.17, 15) is 49.2 Å². The van der Waals surface area contributed by atoms with Gasteiger partial charge in [0, 0.05) is 6.42 Å². The molecule has 0 heterocycles. The van der Waals surface area contributed by atoms with E-state index in [1.165, 1.54) is 6.92 Å². The lowest BCUT2D eigenvalue weighted by Gasteiger charge is -2.36. The summed E-state index contributed by atoms with van der Waals surface area (Å²) in [5, 5.41) is 9.18. The number of alkyl halides is 6. The first-order valence-electron chi connectivity index (χ1n) is 6.67. The van der Waals surface area contributed by atoms with E-state index in [4.69, 9.17) is 0 Å². The largest absolute Gasteiger partial charge is 0.748 e. The Bertz CT molecular complexity index is 597. The number of carbonyl (C=O) groups is 1. The summed E-state index contributed by atoms with van der Waals surface area (Å²) in [7, 11) is -6.07. The van der Waals surface area contributed by atoms with Gasteiger partial charge in [0.15, 0.2) is 6.29 Å². The van der Waals surface area contributed by atoms with E-state index in [0.717, 1.165) is 0 Å². The number of esters is 1. The lowest BCUT2D eigenvalue weighted by molar-refractivity contribution is -0.361. The summed E-state index contributed by atoms with van der Waals surface area (Å²) in [6, 6.07) is 0. The smallest absolute Gasteiger partial charge is 0.438 e. The van der Waals surface area contributed by atoms with E-state index in [2.05, 4.69) is 16.1 Å². The first kappa shape index (κ1) is 24.6. The molecule has 0 aromatic carbocycles. The molecule has 0 unspecified atom stereocenters. The van der Waals surface area contributed by atoms with Crippen LogP contribution in [0.1, 0.15) is 19.8 Å². The maximum absolute atomic E-state index is 12.9. The average Bonchev–Trinajstić information content (AvgIpc) is 2.38. The van der Waals surface area contributed by atoms with Gasteiger partial charge < -0.3 is 19.1 Å². The molecule has 154 valence electrons. The molecule has 0 saturated carbocycles. The lowest BCUT2D eigenvalue weighted by Crippen LogP contribution is -2.63. The number of halogens is 6. The Hall–Kier alpha value is -1.38. The van der Waals surface area contributed by atoms with E-state index >= 15 is 0 Å². The summed E-state index contributed by atoms with van der Waals surface area (Å²) in [6.45, 7) is 4.22. The molecule has 0 spiro atoms. The van der Waals surface area contributed by atoms with Crippen molar-refractivity contribution in [3.63, 3.8) is 0 Å². The van der Waals surface area contributed by atoms with Gasteiger partial charge in [0.05, 0.1) is 22.5 Å². The Kier molecular flexibility index (Phi) is 8.09. The zero-order chi connectivity index (χ0) is 21.0. The number of hydrogen-bond donors (Lipinski definition) is 1. The summed E-state index contributed by atoms with van der Waals surface area (Å²) in [5.41, 5.74) is -5.34. The molecule has 0 aliphatic heterocycles. The van der Waals surface area contributed by atoms with E-state index in [1.54, 1.807) is 0 Å². The summed E-state index contributed by atoms with van der Waals surface area (Å²) < 4.78 is 117. The molecule has 0 amide bonds. The van der Waals surface area contributed by atoms with Crippen molar-refractivity contribution in [3.8, 4) is 0 Å². The Morgan fingerprint density at radius 3 is 2.00 bits per heavy atom. The number of aliphatic hydroxyl groups excluding tert-OH is 1. The fourth-order valence-corrected chi connectivity index (χ4v) is 2.40. The topological polar surface area (TPSA) is 113 Å². The molecule has 0 aromatic rings. The predicted octanol–water partition coefficient (Wildman–Crippen LogP) is 1.63. The van der Waals surface area contributed by atoms with Crippen LogP contribution in [0.5, 0.6) is 0 Å². The van der Waals surface area contributed by atoms with E-state index in [-0.39, 0.29) is 5.57 Å². The van der Waals surface area contributed by atoms with Crippen molar-refractivity contribution in [2.75, 3.05) is 12.4 Å². The van der Waals surface area contributed by atoms with Gasteiger partial charge in [0.25, 0.3) is 0 Å². The van der Waals surface area contributed by atoms with Crippen LogP contribution in [-0.2, 0) is 24.4 Å². The van der Waals surface area contributed by atoms with Crippen molar-refractivity contribution in [2.24, 2.45) is 0 Å². The fraction of sp³-hybridized carbons (Fsp3) is 0.750. The predicted molar refractivity (Wildman–Crippen MR) is 71.5 cm³/mol. The third-order valence-corrected chi connectivity index (χ3v) is 3.57. The monoisotopic (exact) mass is 417 g/mol. The minimum atomic E-state index is -6.41. The van der Waals surface area contributed by atoms with E-state index in [0.29, 0.717) is 0 Å². The van der Waals surface area contributed by atoms with Gasteiger partial charge in [-0.15, -0.1) is 0 Å². The minimum absolute atomic E-state index is 0.154. The van der Waals surface area contributed by atoms with Crippen LogP contribution in [0.15, 0.2) is 12.2 Å². The lowest BCUT2D eigenvalue weighted by atomic mass is 10.1. The molecule has 0 bridgehead atoms. The molecule has 0 rings (SSSR count). The summed E-state index contributed by atoms with van der Waals surface area (Å²) in [6.07, 6.45) is -15.8. The van der Waals surface area contributed by atoms with Gasteiger partial charge in [-0.3, -0.25) is 4.79 Å². The van der Waals surface area contributed by atoms with Crippen LogP contribution in [0, 0.1) is 0 Å². The Morgan fingerprint density at radius 2 is 1.65 bits per heavy atom. The van der Waals surface area contributed by atoms with Crippen molar-refractivity contribution in [2.45, 2.75) is 44.0 Å². The second-order valence-electron chi connectivity index (χ2n) is 5.17. The van der Waals surface area contributed by atoms with Gasteiger partial charge >= 0.3 is 23.9 Å². The highest BCUT2D eigenvalue weighted by molar-refractivity contribution is 7.85. The molecule has 0 saturated heterocycles. The zero-order valence-electron chi connectivity index (χ0n) is 13.2. The Balaban J connectivity index is 5.26. The van der Waals surface area contributed by atoms with Crippen LogP contribution in [0.3, 0.4) is 0 Å². The van der Waals surface area contributed by atoms with Crippen LogP contribution >= 0.6 is 0 Å². The summed E-state index contributed by atoms with van der Waals surface area (Å²) >= 11 is 0. The van der Waals surface area contributed by atoms with Gasteiger partial charge in [-0.25, -0.2) is 8.42 Å². The normalized spacial score (nSPS) is 14.8. The van der Waals surface area contributed by atoms with Crippen molar-refractivity contribution in [3.05, 3.63) is 12.2 Å². The zero-order valence-corrected chi connectivity index (χ0v) is 14.0. The SMILES string of the molecule is C=C(C)[C@H](O)OCCCC(=O)OC(CS(=O)(=O)[O-])(C(F)(F)F)C(F)(F)F. The molecule has 0 fully saturated rings. The first-order valence-corrected chi connectivity index (χ1v) is 8.24. The minimum Gasteiger partial charge on any atom is -0.748 e. The molecule has 26 heavy (non-hydrogen) atoms. The van der Waals surface area contributed by atoms with Gasteiger partial charge in [0.1, 0.15) is 0 Å². The van der Waals surface area contributed by atoms with Gasteiger partial charge in [-0.2, -0.15) is 26.3 Å². The highest BCUT2D eigenvalue weighted by atomic mass is 32.2. The van der Waals surface area contributed by atoms with Crippen LogP contribution in [0.2, 0.25) is 0 Å². The Labute approximate surface area is 144 Å². The maximum Gasteiger partial charge on any atom is 0.438 e. The number of hydrogen-bond acceptors (Lipinski definition) is 7. The molecule has 0 aliphatic carbocycles. The molecule has 0 radical (unpaired) electrons. The summed E-state index contributed by atoms with van der Waals surface area (Å²) in [5.74, 6) is -5.11. The molecule has 1 N–H and O–H groups in total. The second-order valence-corrected chi connectivity index (χ2v) is 6.58. The van der Waals surface area contributed by atoms with Gasteiger partial charge in [-0.1, -0.05) is 6.58 Å². The highest BCUT2D eigenvalue weighted by Gasteiger charge is 2.75. The highest BCUT2D eigenvalue weighted by Crippen LogP contribution is 2.47. The van der Waals surface area contributed by atoms with Crippen molar-refractivity contribution in [1.82, 2.24) is 0 Å². The van der Waals surface area contributed by atoms with Gasteiger partial charge in [0.2, 0.25) is 0 Å². The number of aliphatic hydroxyl groups is 1. The molecule has 0 aliphatic rings. The van der Waals surface area contributed by atoms with Crippen LogP contribution < -0.4 is 0 Å². The molecule has 1 atom stereocenters. The molecule has 7 nitrogen and oxygen atoms in total. The molecular weight excluding hydrogens is 402 g/mol. The van der Waals surface area contributed by atoms with E-state index < -0.39 is 65.5 Å². The second kappa shape index (κ2) is 8.54. The Morgan fingerprint density at radius 1 is 1.19 bits per heavy atom. The van der Waals surface area contributed by atoms with Crippen molar-refractivity contribution >= 4 is 16.1 Å². The third-order valence-electron chi connectivity index (χ3n) is 2.81. The maximum atomic E-state index is 12.9.